The maximum Gasteiger partial charge on any atom is 0.303 e. The number of halogens is 2. The molecule has 0 aliphatic heterocycles. The molecule has 17 heavy (non-hydrogen) atoms. The molecule has 1 rings (SSSR count). The van der Waals surface area contributed by atoms with Crippen molar-refractivity contribution in [1.29, 1.82) is 0 Å². The number of hydrogen-bond acceptors (Lipinski definition) is 1. The summed E-state index contributed by atoms with van der Waals surface area (Å²) in [6, 6.07) is 4.57. The van der Waals surface area contributed by atoms with E-state index in [0.717, 1.165) is 0 Å². The van der Waals surface area contributed by atoms with Crippen LogP contribution in [0.4, 0.5) is 4.39 Å². The highest BCUT2D eigenvalue weighted by Gasteiger charge is 2.05. The Morgan fingerprint density at radius 3 is 2.82 bits per heavy atom. The van der Waals surface area contributed by atoms with Gasteiger partial charge in [0.15, 0.2) is 0 Å². The molecule has 0 saturated heterocycles. The minimum Gasteiger partial charge on any atom is -0.481 e. The molecule has 0 atom stereocenters. The van der Waals surface area contributed by atoms with E-state index in [1.54, 1.807) is 12.1 Å². The summed E-state index contributed by atoms with van der Waals surface area (Å²) >= 11 is 5.46. The average molecular weight is 255 g/mol. The van der Waals surface area contributed by atoms with Gasteiger partial charge < -0.3 is 5.11 Å². The number of aryl methyl sites for hydroxylation is 1. The number of alkyl halides is 1. The smallest absolute Gasteiger partial charge is 0.303 e. The molecule has 4 heteroatoms. The lowest BCUT2D eigenvalue weighted by molar-refractivity contribution is -0.136. The van der Waals surface area contributed by atoms with E-state index in [1.807, 2.05) is 0 Å². The monoisotopic (exact) mass is 254 g/mol. The number of hydrogen-bond donors (Lipinski definition) is 1. The topological polar surface area (TPSA) is 37.3 Å². The Kier molecular flexibility index (Phi) is 5.51. The zero-order valence-electron chi connectivity index (χ0n) is 9.17. The van der Waals surface area contributed by atoms with Gasteiger partial charge in [-0.1, -0.05) is 17.9 Å². The van der Waals surface area contributed by atoms with Crippen LogP contribution in [0.15, 0.2) is 18.2 Å². The molecule has 0 aliphatic carbocycles. The van der Waals surface area contributed by atoms with Crippen LogP contribution in [0, 0.1) is 17.7 Å². The van der Waals surface area contributed by atoms with Crippen LogP contribution in [0.3, 0.4) is 0 Å². The number of carbonyl (C=O) groups is 1. The Labute approximate surface area is 104 Å². The molecule has 1 N–H and O–H groups in total. The number of carboxylic acid groups (broad SMARTS) is 1. The van der Waals surface area contributed by atoms with Crippen molar-refractivity contribution in [3.8, 4) is 11.8 Å². The first kappa shape index (κ1) is 13.5. The van der Waals surface area contributed by atoms with Crippen molar-refractivity contribution in [1.82, 2.24) is 0 Å². The van der Waals surface area contributed by atoms with Crippen LogP contribution >= 0.6 is 11.6 Å². The van der Waals surface area contributed by atoms with Crippen LogP contribution in [-0.2, 0) is 11.2 Å². The van der Waals surface area contributed by atoms with Crippen LogP contribution < -0.4 is 0 Å². The fraction of sp³-hybridized carbons (Fsp3) is 0.308. The van der Waals surface area contributed by atoms with Crippen molar-refractivity contribution in [3.05, 3.63) is 35.1 Å². The van der Waals surface area contributed by atoms with Gasteiger partial charge in [-0.25, -0.2) is 4.39 Å². The highest BCUT2D eigenvalue weighted by atomic mass is 35.5. The molecule has 0 heterocycles. The second-order valence-electron chi connectivity index (χ2n) is 3.44. The van der Waals surface area contributed by atoms with Gasteiger partial charge in [0.25, 0.3) is 0 Å². The molecule has 0 unspecified atom stereocenters. The van der Waals surface area contributed by atoms with Gasteiger partial charge in [0.05, 0.1) is 0 Å². The largest absolute Gasteiger partial charge is 0.481 e. The average Bonchev–Trinajstić information content (AvgIpc) is 2.28. The lowest BCUT2D eigenvalue weighted by Crippen LogP contribution is -1.99. The van der Waals surface area contributed by atoms with E-state index in [1.165, 1.54) is 6.07 Å². The normalized spacial score (nSPS) is 9.53. The molecule has 0 aromatic heterocycles. The van der Waals surface area contributed by atoms with E-state index in [0.29, 0.717) is 23.4 Å². The lowest BCUT2D eigenvalue weighted by atomic mass is 10.1. The molecular weight excluding hydrogens is 243 g/mol. The Hall–Kier alpha value is -1.53. The molecule has 1 aromatic rings. The Morgan fingerprint density at radius 1 is 1.47 bits per heavy atom. The summed E-state index contributed by atoms with van der Waals surface area (Å²) in [7, 11) is 0. The Morgan fingerprint density at radius 2 is 2.24 bits per heavy atom. The molecule has 0 radical (unpaired) electrons. The quantitative estimate of drug-likeness (QED) is 0.663. The number of carboxylic acids is 1. The van der Waals surface area contributed by atoms with Crippen molar-refractivity contribution in [2.75, 3.05) is 5.88 Å². The molecule has 2 nitrogen and oxygen atoms in total. The third-order valence-electron chi connectivity index (χ3n) is 2.11. The van der Waals surface area contributed by atoms with Crippen LogP contribution in [-0.4, -0.2) is 17.0 Å². The van der Waals surface area contributed by atoms with Gasteiger partial charge in [-0.2, -0.15) is 0 Å². The summed E-state index contributed by atoms with van der Waals surface area (Å²) in [4.78, 5) is 10.4. The maximum absolute atomic E-state index is 13.5. The van der Waals surface area contributed by atoms with Crippen LogP contribution in [0.2, 0.25) is 0 Å². The summed E-state index contributed by atoms with van der Waals surface area (Å²) in [6.07, 6.45) is 0.675. The predicted molar refractivity (Wildman–Crippen MR) is 64.6 cm³/mol. The van der Waals surface area contributed by atoms with Crippen molar-refractivity contribution in [3.63, 3.8) is 0 Å². The molecule has 0 fully saturated rings. The van der Waals surface area contributed by atoms with Crippen molar-refractivity contribution >= 4 is 17.6 Å². The standard InChI is InChI=1S/C13H12ClFO2/c14-8-2-1-3-10-4-5-11(12(15)9-10)6-7-13(16)17/h4-5,9H,2,6-8H2,(H,16,17). The minimum absolute atomic E-state index is 0.0752. The van der Waals surface area contributed by atoms with E-state index < -0.39 is 11.8 Å². The van der Waals surface area contributed by atoms with E-state index in [9.17, 15) is 9.18 Å². The van der Waals surface area contributed by atoms with Gasteiger partial charge in [-0.3, -0.25) is 4.79 Å². The van der Waals surface area contributed by atoms with Crippen molar-refractivity contribution in [2.45, 2.75) is 19.3 Å². The Bertz CT molecular complexity index is 460. The van der Waals surface area contributed by atoms with E-state index in [4.69, 9.17) is 16.7 Å². The first-order chi connectivity index (χ1) is 8.13. The first-order valence-electron chi connectivity index (χ1n) is 5.18. The molecule has 0 bridgehead atoms. The minimum atomic E-state index is -0.935. The zero-order valence-corrected chi connectivity index (χ0v) is 9.93. The SMILES string of the molecule is O=C(O)CCc1ccc(C#CCCCl)cc1F. The maximum atomic E-state index is 13.5. The fourth-order valence-electron chi connectivity index (χ4n) is 1.28. The summed E-state index contributed by atoms with van der Waals surface area (Å²) < 4.78 is 13.5. The first-order valence-corrected chi connectivity index (χ1v) is 5.72. The third-order valence-corrected chi connectivity index (χ3v) is 2.30. The van der Waals surface area contributed by atoms with E-state index in [2.05, 4.69) is 11.8 Å². The van der Waals surface area contributed by atoms with E-state index in [-0.39, 0.29) is 12.8 Å². The van der Waals surface area contributed by atoms with Crippen LogP contribution in [0.1, 0.15) is 24.0 Å². The molecule has 0 amide bonds. The second kappa shape index (κ2) is 6.93. The molecule has 1 aromatic carbocycles. The number of aliphatic carboxylic acids is 1. The van der Waals surface area contributed by atoms with E-state index >= 15 is 0 Å². The molecule has 0 saturated carbocycles. The highest BCUT2D eigenvalue weighted by Crippen LogP contribution is 2.12. The van der Waals surface area contributed by atoms with Crippen LogP contribution in [0.5, 0.6) is 0 Å². The van der Waals surface area contributed by atoms with Crippen molar-refractivity contribution < 1.29 is 14.3 Å². The summed E-state index contributed by atoms with van der Waals surface area (Å²) in [5.41, 5.74) is 0.974. The third kappa shape index (κ3) is 4.88. The summed E-state index contributed by atoms with van der Waals surface area (Å²) in [5.74, 6) is 4.70. The van der Waals surface area contributed by atoms with Gasteiger partial charge in [0.1, 0.15) is 5.82 Å². The molecule has 90 valence electrons. The van der Waals surface area contributed by atoms with Gasteiger partial charge >= 0.3 is 5.97 Å². The molecule has 0 aliphatic rings. The number of benzene rings is 1. The van der Waals surface area contributed by atoms with Crippen molar-refractivity contribution in [2.24, 2.45) is 0 Å². The molecule has 0 spiro atoms. The van der Waals surface area contributed by atoms with Gasteiger partial charge in [-0.15, -0.1) is 11.6 Å². The zero-order chi connectivity index (χ0) is 12.7. The lowest BCUT2D eigenvalue weighted by Gasteiger charge is -2.01. The van der Waals surface area contributed by atoms with Gasteiger partial charge in [0, 0.05) is 24.3 Å². The Balaban J connectivity index is 2.73. The summed E-state index contributed by atoms with van der Waals surface area (Å²) in [5, 5.41) is 8.51. The number of rotatable bonds is 4. The van der Waals surface area contributed by atoms with Crippen LogP contribution in [0.25, 0.3) is 0 Å². The highest BCUT2D eigenvalue weighted by molar-refractivity contribution is 6.18. The van der Waals surface area contributed by atoms with Gasteiger partial charge in [0.2, 0.25) is 0 Å². The predicted octanol–water partition coefficient (Wildman–Crippen LogP) is 2.82. The second-order valence-corrected chi connectivity index (χ2v) is 3.82. The summed E-state index contributed by atoms with van der Waals surface area (Å²) in [6.45, 7) is 0. The van der Waals surface area contributed by atoms with Gasteiger partial charge in [-0.05, 0) is 24.1 Å². The fourth-order valence-corrected chi connectivity index (χ4v) is 1.38. The molecular formula is C13H12ClFO2.